The van der Waals surface area contributed by atoms with Crippen molar-refractivity contribution in [2.75, 3.05) is 0 Å². The molecule has 138 valence electrons. The lowest BCUT2D eigenvalue weighted by Crippen LogP contribution is -1.99. The largest absolute Gasteiger partial charge is 0.487 e. The van der Waals surface area contributed by atoms with Gasteiger partial charge in [-0.05, 0) is 47.7 Å². The molecule has 0 bridgehead atoms. The van der Waals surface area contributed by atoms with Crippen molar-refractivity contribution in [2.24, 2.45) is 5.92 Å². The van der Waals surface area contributed by atoms with Gasteiger partial charge in [-0.15, -0.1) is 11.3 Å². The maximum absolute atomic E-state index is 6.15. The minimum absolute atomic E-state index is 0.497. The number of thiazole rings is 1. The molecule has 3 heterocycles. The Balaban J connectivity index is 1.68. The number of nitrogens with zero attached hydrogens (tertiary/aromatic N) is 3. The molecule has 1 N–H and O–H groups in total. The van der Waals surface area contributed by atoms with Gasteiger partial charge in [-0.3, -0.25) is 10.1 Å². The highest BCUT2D eigenvalue weighted by molar-refractivity contribution is 7.09. The van der Waals surface area contributed by atoms with Gasteiger partial charge in [0.25, 0.3) is 0 Å². The molecule has 0 aliphatic heterocycles. The van der Waals surface area contributed by atoms with E-state index in [1.807, 2.05) is 23.7 Å². The van der Waals surface area contributed by atoms with Gasteiger partial charge in [0.1, 0.15) is 17.9 Å². The average Bonchev–Trinajstić information content (AvgIpc) is 3.31. The predicted molar refractivity (Wildman–Crippen MR) is 108 cm³/mol. The lowest BCUT2D eigenvalue weighted by Gasteiger charge is -2.11. The van der Waals surface area contributed by atoms with E-state index in [0.29, 0.717) is 12.5 Å². The average molecular weight is 379 g/mol. The van der Waals surface area contributed by atoms with Gasteiger partial charge in [0.05, 0.1) is 5.01 Å². The minimum atomic E-state index is 0.497. The third kappa shape index (κ3) is 4.17. The van der Waals surface area contributed by atoms with Crippen molar-refractivity contribution in [2.45, 2.75) is 33.3 Å². The van der Waals surface area contributed by atoms with Crippen molar-refractivity contribution in [1.29, 1.82) is 0 Å². The molecule has 0 fully saturated rings. The zero-order valence-corrected chi connectivity index (χ0v) is 16.3. The number of hydrogen-bond acceptors (Lipinski definition) is 5. The van der Waals surface area contributed by atoms with E-state index in [1.54, 1.807) is 23.7 Å². The topological polar surface area (TPSA) is 63.7 Å². The fourth-order valence-electron chi connectivity index (χ4n) is 3.16. The van der Waals surface area contributed by atoms with Crippen molar-refractivity contribution < 1.29 is 4.74 Å². The molecule has 0 radical (unpaired) electrons. The highest BCUT2D eigenvalue weighted by Crippen LogP contribution is 2.31. The molecule has 0 saturated carbocycles. The molecule has 0 unspecified atom stereocenters. The second-order valence-electron chi connectivity index (χ2n) is 7.04. The molecule has 5 nitrogen and oxygen atoms in total. The zero-order chi connectivity index (χ0) is 18.6. The van der Waals surface area contributed by atoms with Crippen LogP contribution in [0, 0.1) is 5.92 Å². The molecule has 4 rings (SSSR count). The van der Waals surface area contributed by atoms with Crippen LogP contribution in [0.15, 0.2) is 48.2 Å². The lowest BCUT2D eigenvalue weighted by molar-refractivity contribution is 0.309. The first-order valence-corrected chi connectivity index (χ1v) is 9.97. The fraction of sp³-hybridized carbons (Fsp3) is 0.286. The lowest BCUT2D eigenvalue weighted by atomic mass is 10.00. The molecule has 27 heavy (non-hydrogen) atoms. The van der Waals surface area contributed by atoms with Gasteiger partial charge >= 0.3 is 0 Å². The third-order valence-electron chi connectivity index (χ3n) is 4.36. The molecule has 0 spiro atoms. The van der Waals surface area contributed by atoms with E-state index in [-0.39, 0.29) is 0 Å². The normalized spacial score (nSPS) is 11.4. The summed E-state index contributed by atoms with van der Waals surface area (Å²) in [5.74, 6) is 1.39. The summed E-state index contributed by atoms with van der Waals surface area (Å²) in [7, 11) is 0. The molecule has 0 atom stereocenters. The van der Waals surface area contributed by atoms with Gasteiger partial charge in [-0.1, -0.05) is 13.8 Å². The minimum Gasteiger partial charge on any atom is -0.487 e. The van der Waals surface area contributed by atoms with Crippen molar-refractivity contribution in [3.63, 3.8) is 0 Å². The summed E-state index contributed by atoms with van der Waals surface area (Å²) < 4.78 is 6.15. The van der Waals surface area contributed by atoms with E-state index < -0.39 is 0 Å². The number of aromatic amines is 1. The molecule has 0 amide bonds. The van der Waals surface area contributed by atoms with Crippen LogP contribution in [0.2, 0.25) is 0 Å². The highest BCUT2D eigenvalue weighted by atomic mass is 32.1. The number of hydrogen-bond donors (Lipinski definition) is 1. The van der Waals surface area contributed by atoms with E-state index in [0.717, 1.165) is 45.8 Å². The number of pyridine rings is 1. The molecule has 4 aromatic rings. The molecule has 1 aromatic carbocycles. The van der Waals surface area contributed by atoms with Crippen LogP contribution in [0.3, 0.4) is 0 Å². The van der Waals surface area contributed by atoms with Gasteiger partial charge in [0, 0.05) is 41.5 Å². The van der Waals surface area contributed by atoms with Crippen molar-refractivity contribution >= 4 is 22.2 Å². The molecule has 0 saturated heterocycles. The summed E-state index contributed by atoms with van der Waals surface area (Å²) >= 11 is 1.66. The number of fused-ring (bicyclic) bond motifs is 1. The SMILES string of the molecule is CC(C)Cc1cc(OCc2ccncc2)c2n[nH]c(Cc3nccs3)c2c1. The van der Waals surface area contributed by atoms with E-state index >= 15 is 0 Å². The Morgan fingerprint density at radius 1 is 1.11 bits per heavy atom. The van der Waals surface area contributed by atoms with Crippen LogP contribution >= 0.6 is 11.3 Å². The van der Waals surface area contributed by atoms with Gasteiger partial charge < -0.3 is 4.74 Å². The van der Waals surface area contributed by atoms with Crippen LogP contribution in [0.4, 0.5) is 0 Å². The summed E-state index contributed by atoms with van der Waals surface area (Å²) in [5.41, 5.74) is 4.32. The molecular weight excluding hydrogens is 356 g/mol. The predicted octanol–water partition coefficient (Wildman–Crippen LogP) is 4.78. The van der Waals surface area contributed by atoms with Gasteiger partial charge in [0.2, 0.25) is 0 Å². The van der Waals surface area contributed by atoms with E-state index in [4.69, 9.17) is 4.74 Å². The summed E-state index contributed by atoms with van der Waals surface area (Å²) in [6.45, 7) is 4.96. The Kier molecular flexibility index (Phi) is 5.16. The van der Waals surface area contributed by atoms with Gasteiger partial charge in [-0.25, -0.2) is 4.98 Å². The maximum atomic E-state index is 6.15. The van der Waals surface area contributed by atoms with Crippen LogP contribution in [-0.2, 0) is 19.4 Å². The Bertz CT molecular complexity index is 1010. The van der Waals surface area contributed by atoms with E-state index in [1.165, 1.54) is 5.56 Å². The molecule has 3 aromatic heterocycles. The molecule has 0 aliphatic carbocycles. The first-order valence-electron chi connectivity index (χ1n) is 9.09. The number of nitrogens with one attached hydrogen (secondary N) is 1. The number of aromatic nitrogens is 4. The Hall–Kier alpha value is -2.73. The first-order chi connectivity index (χ1) is 13.2. The molecule has 0 aliphatic rings. The van der Waals surface area contributed by atoms with E-state index in [9.17, 15) is 0 Å². The fourth-order valence-corrected chi connectivity index (χ4v) is 3.79. The van der Waals surface area contributed by atoms with Crippen molar-refractivity contribution in [3.05, 3.63) is 70.1 Å². The Labute approximate surface area is 162 Å². The summed E-state index contributed by atoms with van der Waals surface area (Å²) in [6, 6.07) is 8.29. The van der Waals surface area contributed by atoms with Crippen LogP contribution in [-0.4, -0.2) is 20.2 Å². The smallest absolute Gasteiger partial charge is 0.148 e. The van der Waals surface area contributed by atoms with Crippen LogP contribution < -0.4 is 4.74 Å². The number of H-pyrrole nitrogens is 1. The maximum Gasteiger partial charge on any atom is 0.148 e. The van der Waals surface area contributed by atoms with Crippen LogP contribution in [0.5, 0.6) is 5.75 Å². The molecule has 6 heteroatoms. The quantitative estimate of drug-likeness (QED) is 0.502. The Morgan fingerprint density at radius 3 is 2.70 bits per heavy atom. The monoisotopic (exact) mass is 378 g/mol. The number of rotatable bonds is 7. The third-order valence-corrected chi connectivity index (χ3v) is 5.14. The standard InChI is InChI=1S/C21H22N4OS/c1-14(2)9-16-10-17-18(12-20-23-7-8-27-20)24-25-21(17)19(11-16)26-13-15-3-5-22-6-4-15/h3-8,10-11,14H,9,12-13H2,1-2H3,(H,24,25). The van der Waals surface area contributed by atoms with Crippen LogP contribution in [0.25, 0.3) is 10.9 Å². The van der Waals surface area contributed by atoms with Crippen molar-refractivity contribution in [1.82, 2.24) is 20.2 Å². The number of ether oxygens (including phenoxy) is 1. The summed E-state index contributed by atoms with van der Waals surface area (Å²) in [6.07, 6.45) is 7.16. The van der Waals surface area contributed by atoms with Crippen molar-refractivity contribution in [3.8, 4) is 5.75 Å². The summed E-state index contributed by atoms with van der Waals surface area (Å²) in [4.78, 5) is 8.46. The second kappa shape index (κ2) is 7.88. The zero-order valence-electron chi connectivity index (χ0n) is 15.5. The van der Waals surface area contributed by atoms with Gasteiger partial charge in [0.15, 0.2) is 0 Å². The van der Waals surface area contributed by atoms with Gasteiger partial charge in [-0.2, -0.15) is 5.10 Å². The molecular formula is C21H22N4OS. The first kappa shape index (κ1) is 17.7. The Morgan fingerprint density at radius 2 is 1.96 bits per heavy atom. The number of benzene rings is 1. The summed E-state index contributed by atoms with van der Waals surface area (Å²) in [5, 5.41) is 11.9. The van der Waals surface area contributed by atoms with E-state index in [2.05, 4.69) is 46.1 Å². The highest BCUT2D eigenvalue weighted by Gasteiger charge is 2.15. The van der Waals surface area contributed by atoms with Crippen LogP contribution in [0.1, 0.15) is 35.7 Å². The second-order valence-corrected chi connectivity index (χ2v) is 8.02.